The quantitative estimate of drug-likeness (QED) is 0.337. The zero-order chi connectivity index (χ0) is 16.4. The van der Waals surface area contributed by atoms with E-state index in [1.54, 1.807) is 0 Å². The molecule has 18 heteroatoms. The summed E-state index contributed by atoms with van der Waals surface area (Å²) >= 11 is 0. The van der Waals surface area contributed by atoms with E-state index in [9.17, 15) is 0 Å². The van der Waals surface area contributed by atoms with E-state index in [1.165, 1.54) is 0 Å². The first-order chi connectivity index (χ1) is 8.50. The van der Waals surface area contributed by atoms with E-state index >= 15 is 0 Å². The molecule has 28 heavy (non-hydrogen) atoms. The molecule has 164 valence electrons. The molecule has 0 radical (unpaired) electrons. The van der Waals surface area contributed by atoms with Crippen molar-refractivity contribution in [3.8, 4) is 0 Å². The molecule has 0 bridgehead atoms. The van der Waals surface area contributed by atoms with E-state index in [4.69, 9.17) is 46.3 Å². The minimum absolute atomic E-state index is 0. The number of hydrogen-bond acceptors (Lipinski definition) is 9. The molecule has 0 spiro atoms. The van der Waals surface area contributed by atoms with Crippen molar-refractivity contribution in [1.82, 2.24) is 0 Å². The number of carboxylic acids is 3. The Kier molecular flexibility index (Phi) is 252. The molecule has 0 aliphatic rings. The molecule has 0 aliphatic heterocycles. The SMILES string of the molecule is CC(=O)[O-].CC(=O)[O-].CC(=O)[O-].NCC(N)CCO.O.O.O.O.O.O.[Na+].[Na+].[Na+]. The van der Waals surface area contributed by atoms with Gasteiger partial charge in [0.1, 0.15) is 0 Å². The number of aliphatic hydroxyl groups is 1. The Balaban J connectivity index is -0.00000000901. The fraction of sp³-hybridized carbons (Fsp3) is 0.700. The number of carbonyl (C=O) groups excluding carboxylic acids is 3. The van der Waals surface area contributed by atoms with Gasteiger partial charge in [0, 0.05) is 37.1 Å². The molecule has 0 aliphatic carbocycles. The largest absolute Gasteiger partial charge is 1.00 e. The molecule has 1 unspecified atom stereocenters. The van der Waals surface area contributed by atoms with Crippen LogP contribution in [0.1, 0.15) is 27.2 Å². The molecule has 0 rings (SSSR count). The Bertz CT molecular complexity index is 214. The van der Waals surface area contributed by atoms with Crippen LogP contribution in [0, 0.1) is 0 Å². The Labute approximate surface area is 230 Å². The Morgan fingerprint density at radius 1 is 0.750 bits per heavy atom. The second-order valence-corrected chi connectivity index (χ2v) is 2.98. The number of aliphatic carboxylic acids is 3. The first kappa shape index (κ1) is 88.7. The monoisotopic (exact) mass is 458 g/mol. The van der Waals surface area contributed by atoms with Crippen LogP contribution >= 0.6 is 0 Å². The molecule has 15 nitrogen and oxygen atoms in total. The first-order valence-corrected chi connectivity index (χ1v) is 5.10. The van der Waals surface area contributed by atoms with E-state index in [0.29, 0.717) is 13.0 Å². The van der Waals surface area contributed by atoms with Crippen molar-refractivity contribution in [2.45, 2.75) is 33.2 Å². The van der Waals surface area contributed by atoms with Crippen LogP contribution in [0.25, 0.3) is 0 Å². The van der Waals surface area contributed by atoms with Gasteiger partial charge in [-0.1, -0.05) is 0 Å². The van der Waals surface area contributed by atoms with Crippen molar-refractivity contribution in [3.05, 3.63) is 0 Å². The zero-order valence-electron chi connectivity index (χ0n) is 17.3. The van der Waals surface area contributed by atoms with E-state index in [2.05, 4.69) is 0 Å². The van der Waals surface area contributed by atoms with Gasteiger partial charge in [0.25, 0.3) is 0 Å². The smallest absolute Gasteiger partial charge is 0.550 e. The summed E-state index contributed by atoms with van der Waals surface area (Å²) < 4.78 is 0. The third kappa shape index (κ3) is 502. The van der Waals surface area contributed by atoms with Gasteiger partial charge >= 0.3 is 88.7 Å². The fourth-order valence-electron chi connectivity index (χ4n) is 0.284. The van der Waals surface area contributed by atoms with Gasteiger partial charge in [0.05, 0.1) is 0 Å². The summed E-state index contributed by atoms with van der Waals surface area (Å²) in [4.78, 5) is 26.7. The number of carboxylic acid groups (broad SMARTS) is 3. The standard InChI is InChI=1S/C4H12N2O.3C2H4O2.3Na.6H2O/c5-3-4(6)1-2-7;3*1-2(3)4;;;;;;;;;/h4,7H,1-3,5-6H2;3*1H3,(H,3,4);;;;6*1H2/q;;;;3*+1;;;;;;/p-3. The molecule has 0 aromatic rings. The van der Waals surface area contributed by atoms with Crippen LogP contribution in [0.3, 0.4) is 0 Å². The van der Waals surface area contributed by atoms with Crippen LogP contribution in [0.4, 0.5) is 0 Å². The maximum Gasteiger partial charge on any atom is 1.00 e. The first-order valence-electron chi connectivity index (χ1n) is 5.10. The average Bonchev–Trinajstić information content (AvgIpc) is 2.15. The van der Waals surface area contributed by atoms with Gasteiger partial charge in [-0.05, 0) is 27.2 Å². The van der Waals surface area contributed by atoms with Gasteiger partial charge in [-0.15, -0.1) is 0 Å². The van der Waals surface area contributed by atoms with Crippen LogP contribution in [-0.4, -0.2) is 75.1 Å². The number of hydrogen-bond donors (Lipinski definition) is 3. The molecule has 0 fully saturated rings. The number of nitrogens with two attached hydrogens (primary N) is 2. The molecule has 0 saturated heterocycles. The van der Waals surface area contributed by atoms with Gasteiger partial charge in [0.2, 0.25) is 0 Å². The third-order valence-electron chi connectivity index (χ3n) is 0.803. The minimum atomic E-state index is -1.08. The molecule has 17 N–H and O–H groups in total. The van der Waals surface area contributed by atoms with Gasteiger partial charge in [-0.3, -0.25) is 0 Å². The van der Waals surface area contributed by atoms with Crippen molar-refractivity contribution in [3.63, 3.8) is 0 Å². The average molecular weight is 458 g/mol. The normalized spacial score (nSPS) is 6.21. The maximum absolute atomic E-state index is 8.89. The van der Waals surface area contributed by atoms with Gasteiger partial charge in [0.15, 0.2) is 0 Å². The molecule has 0 amide bonds. The van der Waals surface area contributed by atoms with Crippen LogP contribution in [-0.2, 0) is 14.4 Å². The van der Waals surface area contributed by atoms with E-state index in [-0.39, 0.29) is 134 Å². The fourth-order valence-corrected chi connectivity index (χ4v) is 0.284. The van der Waals surface area contributed by atoms with E-state index < -0.39 is 17.9 Å². The predicted octanol–water partition coefficient (Wildman–Crippen LogP) is -19.0. The number of aliphatic hydroxyl groups excluding tert-OH is 1. The summed E-state index contributed by atoms with van der Waals surface area (Å²) in [6.07, 6.45) is 0.608. The predicted molar refractivity (Wildman–Crippen MR) is 82.5 cm³/mol. The van der Waals surface area contributed by atoms with Crippen LogP contribution in [0.5, 0.6) is 0 Å². The van der Waals surface area contributed by atoms with E-state index in [0.717, 1.165) is 20.8 Å². The summed E-state index contributed by atoms with van der Waals surface area (Å²) in [5.74, 6) is -3.25. The van der Waals surface area contributed by atoms with Gasteiger partial charge in [-0.2, -0.15) is 0 Å². The topological polar surface area (TPSA) is 382 Å². The van der Waals surface area contributed by atoms with Crippen LogP contribution in [0.2, 0.25) is 0 Å². The molecule has 0 saturated carbocycles. The molecular formula is C10H33N2Na3O13. The summed E-state index contributed by atoms with van der Waals surface area (Å²) in [6, 6.07) is -0.0231. The Hall–Kier alpha value is 1.05. The minimum Gasteiger partial charge on any atom is -0.550 e. The van der Waals surface area contributed by atoms with E-state index in [1.807, 2.05) is 0 Å². The summed E-state index contributed by atoms with van der Waals surface area (Å²) in [7, 11) is 0. The Morgan fingerprint density at radius 2 is 0.893 bits per heavy atom. The van der Waals surface area contributed by atoms with Crippen molar-refractivity contribution in [1.29, 1.82) is 0 Å². The molecule has 0 aromatic carbocycles. The number of carbonyl (C=O) groups is 3. The van der Waals surface area contributed by atoms with Crippen molar-refractivity contribution in [2.24, 2.45) is 11.5 Å². The van der Waals surface area contributed by atoms with Crippen LogP contribution in [0.15, 0.2) is 0 Å². The second-order valence-electron chi connectivity index (χ2n) is 2.98. The maximum atomic E-state index is 8.89. The Morgan fingerprint density at radius 3 is 0.929 bits per heavy atom. The summed E-state index contributed by atoms with van der Waals surface area (Å²) in [5, 5.41) is 34.9. The third-order valence-corrected chi connectivity index (χ3v) is 0.803. The van der Waals surface area contributed by atoms with Gasteiger partial charge in [-0.25, -0.2) is 0 Å². The van der Waals surface area contributed by atoms with Gasteiger partial charge < -0.3 is 79.1 Å². The van der Waals surface area contributed by atoms with Crippen molar-refractivity contribution in [2.75, 3.05) is 13.2 Å². The van der Waals surface area contributed by atoms with Crippen molar-refractivity contribution >= 4 is 17.9 Å². The molecular weight excluding hydrogens is 425 g/mol. The second kappa shape index (κ2) is 79.7. The summed E-state index contributed by atoms with van der Waals surface area (Å²) in [5.41, 5.74) is 10.4. The van der Waals surface area contributed by atoms with Crippen LogP contribution < -0.4 is 115 Å². The molecule has 0 aromatic heterocycles. The van der Waals surface area contributed by atoms with Crippen molar-refractivity contribution < 1.29 is 156 Å². The molecule has 0 heterocycles. The number of rotatable bonds is 3. The molecule has 1 atom stereocenters. The zero-order valence-corrected chi connectivity index (χ0v) is 23.3. The summed E-state index contributed by atoms with van der Waals surface area (Å²) in [6.45, 7) is 3.51.